The zero-order valence-electron chi connectivity index (χ0n) is 16.3. The summed E-state index contributed by atoms with van der Waals surface area (Å²) in [5.74, 6) is -0.290. The minimum Gasteiger partial charge on any atom is -0.318 e. The number of aromatic nitrogens is 1. The lowest BCUT2D eigenvalue weighted by molar-refractivity contribution is -0.140. The highest BCUT2D eigenvalue weighted by Crippen LogP contribution is 2.52. The highest BCUT2D eigenvalue weighted by Gasteiger charge is 2.59. The number of carbonyl (C=O) groups excluding carboxylic acids is 2. The summed E-state index contributed by atoms with van der Waals surface area (Å²) in [4.78, 5) is 25.5. The SMILES string of the molecule is Cc1ccc(-n2c(C)cc(C=NN3C(=O)C4C5C=CC(C5)C4C3=O)c2C)cc1. The van der Waals surface area contributed by atoms with Crippen molar-refractivity contribution in [3.63, 3.8) is 0 Å². The maximum Gasteiger partial charge on any atom is 0.254 e. The lowest BCUT2D eigenvalue weighted by Gasteiger charge is -2.13. The van der Waals surface area contributed by atoms with Crippen LogP contribution in [0.15, 0.2) is 47.6 Å². The van der Waals surface area contributed by atoms with Gasteiger partial charge < -0.3 is 4.57 Å². The second-order valence-electron chi connectivity index (χ2n) is 8.23. The van der Waals surface area contributed by atoms with E-state index in [9.17, 15) is 9.59 Å². The average Bonchev–Trinajstić information content (AvgIpc) is 3.40. The van der Waals surface area contributed by atoms with E-state index >= 15 is 0 Å². The smallest absolute Gasteiger partial charge is 0.254 e. The summed E-state index contributed by atoms with van der Waals surface area (Å²) in [6.07, 6.45) is 6.78. The van der Waals surface area contributed by atoms with Crippen LogP contribution in [0.3, 0.4) is 0 Å². The number of hydrogen-bond acceptors (Lipinski definition) is 3. The van der Waals surface area contributed by atoms with Crippen LogP contribution < -0.4 is 0 Å². The Labute approximate surface area is 164 Å². The molecule has 2 amide bonds. The Morgan fingerprint density at radius 1 is 0.964 bits per heavy atom. The van der Waals surface area contributed by atoms with Crippen molar-refractivity contribution in [2.75, 3.05) is 0 Å². The Hall–Kier alpha value is -2.95. The summed E-state index contributed by atoms with van der Waals surface area (Å²) in [6, 6.07) is 10.4. The van der Waals surface area contributed by atoms with Crippen LogP contribution in [-0.4, -0.2) is 27.6 Å². The van der Waals surface area contributed by atoms with Gasteiger partial charge in [-0.3, -0.25) is 9.59 Å². The van der Waals surface area contributed by atoms with Gasteiger partial charge in [-0.1, -0.05) is 29.8 Å². The highest BCUT2D eigenvalue weighted by molar-refractivity contribution is 6.06. The van der Waals surface area contributed by atoms with Gasteiger partial charge in [-0.15, -0.1) is 0 Å². The number of hydrazone groups is 1. The lowest BCUT2D eigenvalue weighted by atomic mass is 9.85. The Bertz CT molecular complexity index is 1010. The molecule has 28 heavy (non-hydrogen) atoms. The predicted octanol–water partition coefficient (Wildman–Crippen LogP) is 3.54. The van der Waals surface area contributed by atoms with E-state index < -0.39 is 0 Å². The summed E-state index contributed by atoms with van der Waals surface area (Å²) < 4.78 is 2.16. The molecule has 2 aliphatic carbocycles. The molecule has 4 unspecified atom stereocenters. The summed E-state index contributed by atoms with van der Waals surface area (Å²) in [7, 11) is 0. The normalized spacial score (nSPS) is 28.2. The highest BCUT2D eigenvalue weighted by atomic mass is 16.2. The molecule has 0 spiro atoms. The lowest BCUT2D eigenvalue weighted by Crippen LogP contribution is -2.28. The molecule has 1 aromatic heterocycles. The molecule has 5 rings (SSSR count). The maximum atomic E-state index is 12.8. The number of nitrogens with zero attached hydrogens (tertiary/aromatic N) is 3. The number of imide groups is 1. The van der Waals surface area contributed by atoms with Crippen molar-refractivity contribution in [1.82, 2.24) is 9.58 Å². The van der Waals surface area contributed by atoms with E-state index in [2.05, 4.69) is 53.0 Å². The molecule has 1 saturated heterocycles. The molecule has 142 valence electrons. The predicted molar refractivity (Wildman–Crippen MR) is 107 cm³/mol. The largest absolute Gasteiger partial charge is 0.318 e. The summed E-state index contributed by atoms with van der Waals surface area (Å²) in [5.41, 5.74) is 5.34. The van der Waals surface area contributed by atoms with Crippen LogP contribution in [0.1, 0.15) is 28.9 Å². The van der Waals surface area contributed by atoms with Crippen LogP contribution in [-0.2, 0) is 9.59 Å². The first-order chi connectivity index (χ1) is 13.5. The first kappa shape index (κ1) is 17.2. The van der Waals surface area contributed by atoms with Crippen LogP contribution in [0.4, 0.5) is 0 Å². The molecule has 0 N–H and O–H groups in total. The van der Waals surface area contributed by atoms with Gasteiger partial charge in [-0.2, -0.15) is 10.1 Å². The third-order valence-electron chi connectivity index (χ3n) is 6.52. The van der Waals surface area contributed by atoms with Gasteiger partial charge in [0.25, 0.3) is 11.8 Å². The number of amides is 2. The number of rotatable bonds is 3. The number of hydrogen-bond donors (Lipinski definition) is 0. The number of carbonyl (C=O) groups is 2. The fourth-order valence-corrected chi connectivity index (χ4v) is 5.13. The number of allylic oxidation sites excluding steroid dienone is 2. The first-order valence-corrected chi connectivity index (χ1v) is 9.82. The van der Waals surface area contributed by atoms with E-state index in [0.29, 0.717) is 0 Å². The molecule has 2 bridgehead atoms. The third-order valence-corrected chi connectivity index (χ3v) is 6.52. The van der Waals surface area contributed by atoms with E-state index in [-0.39, 0.29) is 35.5 Å². The van der Waals surface area contributed by atoms with Crippen molar-refractivity contribution >= 4 is 18.0 Å². The Balaban J connectivity index is 1.44. The quantitative estimate of drug-likeness (QED) is 0.469. The van der Waals surface area contributed by atoms with Crippen molar-refractivity contribution in [2.45, 2.75) is 27.2 Å². The Kier molecular flexibility index (Phi) is 3.69. The molecule has 3 aliphatic rings. The van der Waals surface area contributed by atoms with Crippen molar-refractivity contribution in [2.24, 2.45) is 28.8 Å². The van der Waals surface area contributed by atoms with E-state index in [0.717, 1.165) is 34.1 Å². The zero-order valence-corrected chi connectivity index (χ0v) is 16.3. The molecule has 1 saturated carbocycles. The molecule has 5 heteroatoms. The maximum absolute atomic E-state index is 12.8. The molecule has 5 nitrogen and oxygen atoms in total. The molecule has 1 aromatic carbocycles. The topological polar surface area (TPSA) is 54.7 Å². The molecule has 2 heterocycles. The van der Waals surface area contributed by atoms with Gasteiger partial charge in [0.05, 0.1) is 18.1 Å². The summed E-state index contributed by atoms with van der Waals surface area (Å²) >= 11 is 0. The van der Waals surface area contributed by atoms with E-state index in [1.807, 2.05) is 19.9 Å². The van der Waals surface area contributed by atoms with Crippen LogP contribution in [0.5, 0.6) is 0 Å². The number of aryl methyl sites for hydroxylation is 2. The third kappa shape index (κ3) is 2.35. The fraction of sp³-hybridized carbons (Fsp3) is 0.348. The Morgan fingerprint density at radius 2 is 1.57 bits per heavy atom. The number of benzene rings is 1. The van der Waals surface area contributed by atoms with Gasteiger partial charge in [0, 0.05) is 22.6 Å². The van der Waals surface area contributed by atoms with Gasteiger partial charge in [0.15, 0.2) is 0 Å². The van der Waals surface area contributed by atoms with Crippen molar-refractivity contribution in [3.05, 3.63) is 65.0 Å². The summed E-state index contributed by atoms with van der Waals surface area (Å²) in [6.45, 7) is 6.14. The van der Waals surface area contributed by atoms with E-state index in [1.54, 1.807) is 6.21 Å². The van der Waals surface area contributed by atoms with Gasteiger partial charge in [0.1, 0.15) is 0 Å². The molecular weight excluding hydrogens is 350 g/mol. The Morgan fingerprint density at radius 3 is 2.18 bits per heavy atom. The van der Waals surface area contributed by atoms with E-state index in [4.69, 9.17) is 0 Å². The molecule has 1 aliphatic heterocycles. The van der Waals surface area contributed by atoms with Crippen molar-refractivity contribution in [1.29, 1.82) is 0 Å². The molecule has 2 fully saturated rings. The van der Waals surface area contributed by atoms with E-state index in [1.165, 1.54) is 5.56 Å². The molecule has 2 aromatic rings. The summed E-state index contributed by atoms with van der Waals surface area (Å²) in [5, 5.41) is 5.44. The van der Waals surface area contributed by atoms with Crippen molar-refractivity contribution < 1.29 is 9.59 Å². The van der Waals surface area contributed by atoms with Crippen LogP contribution in [0.2, 0.25) is 0 Å². The molecule has 0 radical (unpaired) electrons. The number of fused-ring (bicyclic) bond motifs is 5. The minimum atomic E-state index is -0.209. The van der Waals surface area contributed by atoms with Gasteiger partial charge in [-0.05, 0) is 57.2 Å². The fourth-order valence-electron chi connectivity index (χ4n) is 5.13. The van der Waals surface area contributed by atoms with Crippen LogP contribution >= 0.6 is 0 Å². The first-order valence-electron chi connectivity index (χ1n) is 9.82. The van der Waals surface area contributed by atoms with Gasteiger partial charge >= 0.3 is 0 Å². The zero-order chi connectivity index (χ0) is 19.6. The molecular formula is C23H23N3O2. The monoisotopic (exact) mass is 373 g/mol. The van der Waals surface area contributed by atoms with Crippen LogP contribution in [0.25, 0.3) is 5.69 Å². The second-order valence-corrected chi connectivity index (χ2v) is 8.23. The van der Waals surface area contributed by atoms with Gasteiger partial charge in [-0.25, -0.2) is 0 Å². The average molecular weight is 373 g/mol. The molecule has 4 atom stereocenters. The minimum absolute atomic E-state index is 0.143. The van der Waals surface area contributed by atoms with Gasteiger partial charge in [0.2, 0.25) is 0 Å². The second kappa shape index (κ2) is 6.03. The van der Waals surface area contributed by atoms with Crippen LogP contribution in [0, 0.1) is 44.4 Å². The standard InChI is InChI=1S/C23H23N3O2/c1-13-4-8-19(9-5-13)25-14(2)10-18(15(25)3)12-24-26-22(27)20-16-6-7-17(11-16)21(20)23(26)28/h4-10,12,16-17,20-21H,11H2,1-3H3. The van der Waals surface area contributed by atoms with Crippen molar-refractivity contribution in [3.8, 4) is 5.69 Å².